The molecule has 0 aliphatic rings. The lowest BCUT2D eigenvalue weighted by molar-refractivity contribution is -0.138. The van der Waals surface area contributed by atoms with Gasteiger partial charge in [-0.1, -0.05) is 13.0 Å². The van der Waals surface area contributed by atoms with E-state index in [9.17, 15) is 21.6 Å². The molecule has 0 saturated heterocycles. The van der Waals surface area contributed by atoms with Crippen molar-refractivity contribution in [3.8, 4) is 0 Å². The second-order valence-corrected chi connectivity index (χ2v) is 6.30. The molecule has 0 aliphatic heterocycles. The highest BCUT2D eigenvalue weighted by atomic mass is 35.5. The Bertz CT molecular complexity index is 569. The van der Waals surface area contributed by atoms with Gasteiger partial charge >= 0.3 is 6.18 Å². The van der Waals surface area contributed by atoms with E-state index in [1.165, 1.54) is 0 Å². The molecule has 0 saturated carbocycles. The molecule has 0 amide bonds. The fourth-order valence-corrected chi connectivity index (χ4v) is 3.69. The number of hydrogen-bond donors (Lipinski definition) is 1. The first kappa shape index (κ1) is 17.3. The van der Waals surface area contributed by atoms with Crippen LogP contribution < -0.4 is 4.72 Å². The van der Waals surface area contributed by atoms with E-state index in [4.69, 9.17) is 11.6 Å². The minimum absolute atomic E-state index is 0.0493. The third-order valence-corrected chi connectivity index (χ3v) is 4.92. The smallest absolute Gasteiger partial charge is 0.207 e. The second-order valence-electron chi connectivity index (χ2n) is 4.31. The molecule has 0 heterocycles. The van der Waals surface area contributed by atoms with Crippen molar-refractivity contribution in [1.29, 1.82) is 0 Å². The van der Waals surface area contributed by atoms with Crippen LogP contribution in [0.4, 0.5) is 13.2 Å². The van der Waals surface area contributed by atoms with Crippen LogP contribution in [0.15, 0.2) is 23.1 Å². The zero-order chi connectivity index (χ0) is 15.6. The summed E-state index contributed by atoms with van der Waals surface area (Å²) in [5.41, 5.74) is -1.28. The zero-order valence-corrected chi connectivity index (χ0v) is 12.5. The molecule has 0 radical (unpaired) electrons. The normalized spacial score (nSPS) is 14.3. The molecule has 0 aliphatic carbocycles. The first-order valence-electron chi connectivity index (χ1n) is 5.88. The lowest BCUT2D eigenvalue weighted by atomic mass is 10.1. The Hall–Kier alpha value is -0.790. The van der Waals surface area contributed by atoms with Crippen molar-refractivity contribution < 1.29 is 21.6 Å². The van der Waals surface area contributed by atoms with Gasteiger partial charge in [-0.05, 0) is 31.0 Å². The molecule has 114 valence electrons. The Morgan fingerprint density at radius 2 is 1.95 bits per heavy atom. The van der Waals surface area contributed by atoms with Gasteiger partial charge in [0.2, 0.25) is 10.0 Å². The van der Waals surface area contributed by atoms with E-state index in [-0.39, 0.29) is 16.3 Å². The summed E-state index contributed by atoms with van der Waals surface area (Å²) in [5.74, 6) is 0.0493. The van der Waals surface area contributed by atoms with Crippen molar-refractivity contribution in [1.82, 2.24) is 4.72 Å². The van der Waals surface area contributed by atoms with Crippen molar-refractivity contribution in [2.75, 3.05) is 5.88 Å². The molecule has 1 aromatic rings. The van der Waals surface area contributed by atoms with Crippen LogP contribution in [0.3, 0.4) is 0 Å². The summed E-state index contributed by atoms with van der Waals surface area (Å²) in [6.45, 7) is 2.87. The molecule has 20 heavy (non-hydrogen) atoms. The van der Waals surface area contributed by atoms with Crippen LogP contribution in [-0.4, -0.2) is 20.3 Å². The summed E-state index contributed by atoms with van der Waals surface area (Å²) < 4.78 is 64.9. The summed E-state index contributed by atoms with van der Waals surface area (Å²) in [7, 11) is -4.03. The maximum atomic E-state index is 12.8. The van der Waals surface area contributed by atoms with Crippen LogP contribution in [0.2, 0.25) is 0 Å². The maximum absolute atomic E-state index is 12.8. The van der Waals surface area contributed by atoms with E-state index in [0.29, 0.717) is 6.42 Å². The molecular formula is C12H15ClF3NO2S. The highest BCUT2D eigenvalue weighted by Crippen LogP contribution is 2.34. The molecule has 1 aromatic carbocycles. The van der Waals surface area contributed by atoms with Gasteiger partial charge in [-0.3, -0.25) is 0 Å². The van der Waals surface area contributed by atoms with E-state index in [1.807, 2.05) is 0 Å². The monoisotopic (exact) mass is 329 g/mol. The van der Waals surface area contributed by atoms with Gasteiger partial charge in [-0.15, -0.1) is 11.6 Å². The largest absolute Gasteiger partial charge is 0.416 e. The maximum Gasteiger partial charge on any atom is 0.416 e. The molecule has 1 rings (SSSR count). The van der Waals surface area contributed by atoms with Gasteiger partial charge in [0.05, 0.1) is 10.5 Å². The Kier molecular flexibility index (Phi) is 5.46. The van der Waals surface area contributed by atoms with E-state index >= 15 is 0 Å². The fraction of sp³-hybridized carbons (Fsp3) is 0.500. The first-order chi connectivity index (χ1) is 9.13. The minimum Gasteiger partial charge on any atom is -0.207 e. The number of hydrogen-bond acceptors (Lipinski definition) is 2. The van der Waals surface area contributed by atoms with Crippen molar-refractivity contribution in [3.63, 3.8) is 0 Å². The average molecular weight is 330 g/mol. The van der Waals surface area contributed by atoms with Gasteiger partial charge in [-0.25, -0.2) is 13.1 Å². The number of alkyl halides is 4. The summed E-state index contributed by atoms with van der Waals surface area (Å²) in [4.78, 5) is -0.379. The molecule has 8 heteroatoms. The highest BCUT2D eigenvalue weighted by molar-refractivity contribution is 7.89. The SMILES string of the molecule is CCC(CCl)NS(=O)(=O)c1cccc(C(F)(F)F)c1C. The Morgan fingerprint density at radius 1 is 1.35 bits per heavy atom. The van der Waals surface area contributed by atoms with Crippen LogP contribution in [-0.2, 0) is 16.2 Å². The average Bonchev–Trinajstić information content (AvgIpc) is 2.34. The molecule has 3 nitrogen and oxygen atoms in total. The molecule has 1 unspecified atom stereocenters. The van der Waals surface area contributed by atoms with E-state index in [0.717, 1.165) is 25.1 Å². The standard InChI is InChI=1S/C12H15ClF3NO2S/c1-3-9(7-13)17-20(18,19)11-6-4-5-10(8(11)2)12(14,15)16/h4-6,9,17H,3,7H2,1-2H3. The lowest BCUT2D eigenvalue weighted by Gasteiger charge is -2.17. The second kappa shape index (κ2) is 6.32. The fourth-order valence-electron chi connectivity index (χ4n) is 1.72. The Morgan fingerprint density at radius 3 is 2.40 bits per heavy atom. The quantitative estimate of drug-likeness (QED) is 0.842. The molecule has 1 atom stereocenters. The van der Waals surface area contributed by atoms with Crippen LogP contribution in [0, 0.1) is 6.92 Å². The molecular weight excluding hydrogens is 315 g/mol. The summed E-state index contributed by atoms with van der Waals surface area (Å²) in [5, 5.41) is 0. The van der Waals surface area contributed by atoms with Gasteiger partial charge in [-0.2, -0.15) is 13.2 Å². The number of rotatable bonds is 5. The molecule has 0 spiro atoms. The third kappa shape index (κ3) is 3.86. The van der Waals surface area contributed by atoms with Crippen molar-refractivity contribution in [2.45, 2.75) is 37.4 Å². The Balaban J connectivity index is 3.27. The van der Waals surface area contributed by atoms with Gasteiger partial charge in [0, 0.05) is 11.9 Å². The number of halogens is 4. The van der Waals surface area contributed by atoms with Crippen LogP contribution in [0.1, 0.15) is 24.5 Å². The molecule has 0 aromatic heterocycles. The van der Waals surface area contributed by atoms with E-state index in [2.05, 4.69) is 4.72 Å². The van der Waals surface area contributed by atoms with Gasteiger partial charge in [0.1, 0.15) is 0 Å². The highest BCUT2D eigenvalue weighted by Gasteiger charge is 2.34. The zero-order valence-electron chi connectivity index (χ0n) is 11.0. The number of sulfonamides is 1. The Labute approximate surface area is 121 Å². The summed E-state index contributed by atoms with van der Waals surface area (Å²) in [6.07, 6.45) is -4.15. The predicted octanol–water partition coefficient (Wildman–Crippen LogP) is 3.31. The lowest BCUT2D eigenvalue weighted by Crippen LogP contribution is -2.36. The van der Waals surface area contributed by atoms with Gasteiger partial charge < -0.3 is 0 Å². The summed E-state index contributed by atoms with van der Waals surface area (Å²) >= 11 is 5.60. The van der Waals surface area contributed by atoms with E-state index < -0.39 is 27.8 Å². The van der Waals surface area contributed by atoms with E-state index in [1.54, 1.807) is 6.92 Å². The topological polar surface area (TPSA) is 46.2 Å². The van der Waals surface area contributed by atoms with Gasteiger partial charge in [0.15, 0.2) is 0 Å². The summed E-state index contributed by atoms with van der Waals surface area (Å²) in [6, 6.07) is 2.56. The predicted molar refractivity (Wildman–Crippen MR) is 71.3 cm³/mol. The minimum atomic E-state index is -4.59. The first-order valence-corrected chi connectivity index (χ1v) is 7.90. The third-order valence-electron chi connectivity index (χ3n) is 2.88. The van der Waals surface area contributed by atoms with Crippen molar-refractivity contribution in [3.05, 3.63) is 29.3 Å². The van der Waals surface area contributed by atoms with Crippen LogP contribution in [0.5, 0.6) is 0 Å². The molecule has 1 N–H and O–H groups in total. The number of nitrogens with one attached hydrogen (secondary N) is 1. The molecule has 0 fully saturated rings. The van der Waals surface area contributed by atoms with Gasteiger partial charge in [0.25, 0.3) is 0 Å². The van der Waals surface area contributed by atoms with Crippen molar-refractivity contribution in [2.24, 2.45) is 0 Å². The van der Waals surface area contributed by atoms with Crippen LogP contribution in [0.25, 0.3) is 0 Å². The number of benzene rings is 1. The van der Waals surface area contributed by atoms with Crippen molar-refractivity contribution >= 4 is 21.6 Å². The van der Waals surface area contributed by atoms with Crippen LogP contribution >= 0.6 is 11.6 Å². The molecule has 0 bridgehead atoms.